The van der Waals surface area contributed by atoms with E-state index in [1.165, 1.54) is 0 Å². The van der Waals surface area contributed by atoms with Crippen LogP contribution in [0.15, 0.2) is 0 Å². The van der Waals surface area contributed by atoms with E-state index in [2.05, 4.69) is 6.92 Å². The number of piperidine rings is 1. The van der Waals surface area contributed by atoms with Gasteiger partial charge in [-0.25, -0.2) is 4.79 Å². The fourth-order valence-electron chi connectivity index (χ4n) is 2.30. The Bertz CT molecular complexity index is 253. The predicted molar refractivity (Wildman–Crippen MR) is 75.3 cm³/mol. The van der Waals surface area contributed by atoms with E-state index < -0.39 is 0 Å². The molecule has 0 bridgehead atoms. The van der Waals surface area contributed by atoms with Gasteiger partial charge in [-0.05, 0) is 25.2 Å². The smallest absolute Gasteiger partial charge is 0.320 e. The standard InChI is InChI=1S/C14H28N2O3/c1-13-5-8-16(9-6-13)14(17)15(10-12-19-3)7-4-11-18-2/h13H,4-12H2,1-3H3. The second-order valence-corrected chi connectivity index (χ2v) is 5.28. The number of methoxy groups -OCH3 is 2. The SMILES string of the molecule is COCCCN(CCOC)C(=O)N1CCC(C)CC1. The Hall–Kier alpha value is -0.810. The Balaban J connectivity index is 2.44. The molecule has 1 rings (SSSR count). The van der Waals surface area contributed by atoms with Crippen molar-refractivity contribution in [1.82, 2.24) is 9.80 Å². The Kier molecular flexibility index (Phi) is 7.82. The van der Waals surface area contributed by atoms with Gasteiger partial charge in [0.05, 0.1) is 6.61 Å². The summed E-state index contributed by atoms with van der Waals surface area (Å²) in [6.45, 7) is 6.69. The van der Waals surface area contributed by atoms with Crippen LogP contribution >= 0.6 is 0 Å². The molecule has 1 saturated heterocycles. The lowest BCUT2D eigenvalue weighted by Gasteiger charge is -2.35. The van der Waals surface area contributed by atoms with E-state index in [1.54, 1.807) is 14.2 Å². The largest absolute Gasteiger partial charge is 0.385 e. The maximum Gasteiger partial charge on any atom is 0.320 e. The van der Waals surface area contributed by atoms with E-state index in [1.807, 2.05) is 9.80 Å². The fourth-order valence-corrected chi connectivity index (χ4v) is 2.30. The van der Waals surface area contributed by atoms with Crippen LogP contribution in [0.2, 0.25) is 0 Å². The Morgan fingerprint density at radius 2 is 1.79 bits per heavy atom. The minimum Gasteiger partial charge on any atom is -0.385 e. The monoisotopic (exact) mass is 272 g/mol. The first-order valence-corrected chi connectivity index (χ1v) is 7.20. The zero-order valence-corrected chi connectivity index (χ0v) is 12.6. The highest BCUT2D eigenvalue weighted by Gasteiger charge is 2.24. The predicted octanol–water partition coefficient (Wildman–Crippen LogP) is 1.82. The van der Waals surface area contributed by atoms with Crippen molar-refractivity contribution in [2.75, 3.05) is 53.6 Å². The van der Waals surface area contributed by atoms with Crippen molar-refractivity contribution in [3.63, 3.8) is 0 Å². The lowest BCUT2D eigenvalue weighted by Crippen LogP contribution is -2.47. The van der Waals surface area contributed by atoms with Crippen molar-refractivity contribution < 1.29 is 14.3 Å². The maximum absolute atomic E-state index is 12.5. The van der Waals surface area contributed by atoms with Gasteiger partial charge in [0.2, 0.25) is 0 Å². The molecule has 19 heavy (non-hydrogen) atoms. The molecule has 0 aromatic heterocycles. The summed E-state index contributed by atoms with van der Waals surface area (Å²) < 4.78 is 10.1. The molecule has 0 spiro atoms. The van der Waals surface area contributed by atoms with Gasteiger partial charge in [-0.15, -0.1) is 0 Å². The second-order valence-electron chi connectivity index (χ2n) is 5.28. The Morgan fingerprint density at radius 3 is 2.37 bits per heavy atom. The van der Waals surface area contributed by atoms with E-state index >= 15 is 0 Å². The average molecular weight is 272 g/mol. The summed E-state index contributed by atoms with van der Waals surface area (Å²) >= 11 is 0. The van der Waals surface area contributed by atoms with Crippen LogP contribution in [0, 0.1) is 5.92 Å². The zero-order chi connectivity index (χ0) is 14.1. The lowest BCUT2D eigenvalue weighted by atomic mass is 9.99. The fraction of sp³-hybridized carbons (Fsp3) is 0.929. The average Bonchev–Trinajstić information content (AvgIpc) is 2.43. The van der Waals surface area contributed by atoms with Crippen LogP contribution in [-0.2, 0) is 9.47 Å². The number of hydrogen-bond acceptors (Lipinski definition) is 3. The number of urea groups is 1. The second kappa shape index (κ2) is 9.15. The third kappa shape index (κ3) is 5.78. The maximum atomic E-state index is 12.5. The molecule has 0 aromatic carbocycles. The van der Waals surface area contributed by atoms with Crippen molar-refractivity contribution in [2.45, 2.75) is 26.2 Å². The molecular formula is C14H28N2O3. The van der Waals surface area contributed by atoms with Gasteiger partial charge in [0.1, 0.15) is 0 Å². The molecule has 0 saturated carbocycles. The number of carbonyl (C=O) groups excluding carboxylic acids is 1. The van der Waals surface area contributed by atoms with Gasteiger partial charge < -0.3 is 19.3 Å². The van der Waals surface area contributed by atoms with Gasteiger partial charge in [0.15, 0.2) is 0 Å². The first-order chi connectivity index (χ1) is 9.19. The number of nitrogens with zero attached hydrogens (tertiary/aromatic N) is 2. The van der Waals surface area contributed by atoms with Crippen LogP contribution in [0.4, 0.5) is 4.79 Å². The molecule has 1 fully saturated rings. The summed E-state index contributed by atoms with van der Waals surface area (Å²) in [5, 5.41) is 0. The number of carbonyl (C=O) groups is 1. The van der Waals surface area contributed by atoms with Crippen molar-refractivity contribution in [3.05, 3.63) is 0 Å². The molecule has 5 heteroatoms. The third-order valence-electron chi connectivity index (χ3n) is 3.67. The summed E-state index contributed by atoms with van der Waals surface area (Å²) in [5.41, 5.74) is 0. The van der Waals surface area contributed by atoms with Crippen LogP contribution in [0.3, 0.4) is 0 Å². The summed E-state index contributed by atoms with van der Waals surface area (Å²) in [6.07, 6.45) is 3.10. The number of rotatable bonds is 7. The summed E-state index contributed by atoms with van der Waals surface area (Å²) in [4.78, 5) is 16.3. The molecule has 1 aliphatic rings. The first-order valence-electron chi connectivity index (χ1n) is 7.20. The van der Waals surface area contributed by atoms with Gasteiger partial charge in [-0.2, -0.15) is 0 Å². The minimum atomic E-state index is 0.153. The topological polar surface area (TPSA) is 42.0 Å². The highest BCUT2D eigenvalue weighted by molar-refractivity contribution is 5.74. The molecule has 0 N–H and O–H groups in total. The van der Waals surface area contributed by atoms with Crippen molar-refractivity contribution in [3.8, 4) is 0 Å². The van der Waals surface area contributed by atoms with Crippen molar-refractivity contribution in [1.29, 1.82) is 0 Å². The molecule has 0 aromatic rings. The molecule has 0 atom stereocenters. The molecule has 1 aliphatic heterocycles. The van der Waals surface area contributed by atoms with Crippen LogP contribution in [0.1, 0.15) is 26.2 Å². The highest BCUT2D eigenvalue weighted by atomic mass is 16.5. The molecule has 0 radical (unpaired) electrons. The van der Waals surface area contributed by atoms with Crippen molar-refractivity contribution >= 4 is 6.03 Å². The van der Waals surface area contributed by atoms with Gasteiger partial charge >= 0.3 is 6.03 Å². The molecule has 5 nitrogen and oxygen atoms in total. The normalized spacial score (nSPS) is 16.7. The van der Waals surface area contributed by atoms with E-state index in [0.29, 0.717) is 19.8 Å². The van der Waals surface area contributed by atoms with E-state index in [-0.39, 0.29) is 6.03 Å². The molecule has 0 aliphatic carbocycles. The van der Waals surface area contributed by atoms with Gasteiger partial charge in [-0.3, -0.25) is 0 Å². The zero-order valence-electron chi connectivity index (χ0n) is 12.6. The Labute approximate surface area is 116 Å². The summed E-state index contributed by atoms with van der Waals surface area (Å²) in [5.74, 6) is 0.741. The van der Waals surface area contributed by atoms with Crippen LogP contribution in [0.5, 0.6) is 0 Å². The number of hydrogen-bond donors (Lipinski definition) is 0. The number of likely N-dealkylation sites (tertiary alicyclic amines) is 1. The lowest BCUT2D eigenvalue weighted by molar-refractivity contribution is 0.107. The van der Waals surface area contributed by atoms with Crippen LogP contribution < -0.4 is 0 Å². The van der Waals surface area contributed by atoms with Crippen LogP contribution in [0.25, 0.3) is 0 Å². The van der Waals surface area contributed by atoms with Gasteiger partial charge in [0.25, 0.3) is 0 Å². The summed E-state index contributed by atoms with van der Waals surface area (Å²) in [6, 6.07) is 0.153. The van der Waals surface area contributed by atoms with Gasteiger partial charge in [-0.1, -0.05) is 6.92 Å². The molecule has 0 unspecified atom stereocenters. The number of ether oxygens (including phenoxy) is 2. The van der Waals surface area contributed by atoms with E-state index in [4.69, 9.17) is 9.47 Å². The first kappa shape index (κ1) is 16.2. The minimum absolute atomic E-state index is 0.153. The molecular weight excluding hydrogens is 244 g/mol. The van der Waals surface area contributed by atoms with E-state index in [9.17, 15) is 4.79 Å². The molecule has 2 amide bonds. The molecule has 1 heterocycles. The number of amides is 2. The summed E-state index contributed by atoms with van der Waals surface area (Å²) in [7, 11) is 3.35. The quantitative estimate of drug-likeness (QED) is 0.664. The van der Waals surface area contributed by atoms with Crippen molar-refractivity contribution in [2.24, 2.45) is 5.92 Å². The van der Waals surface area contributed by atoms with Crippen LogP contribution in [-0.4, -0.2) is 69.4 Å². The highest BCUT2D eigenvalue weighted by Crippen LogP contribution is 2.17. The Morgan fingerprint density at radius 1 is 1.16 bits per heavy atom. The third-order valence-corrected chi connectivity index (χ3v) is 3.67. The van der Waals surface area contributed by atoms with Gasteiger partial charge in [0, 0.05) is 47.0 Å². The van der Waals surface area contributed by atoms with E-state index in [0.717, 1.165) is 44.8 Å². The molecule has 112 valence electrons.